The smallest absolute Gasteiger partial charge is 0.296 e. The maximum atomic E-state index is 12.3. The van der Waals surface area contributed by atoms with Crippen LogP contribution in [0.25, 0.3) is 0 Å². The molecule has 0 bridgehead atoms. The van der Waals surface area contributed by atoms with Crippen molar-refractivity contribution >= 4 is 27.0 Å². The van der Waals surface area contributed by atoms with E-state index in [1.807, 2.05) is 20.8 Å². The zero-order valence-electron chi connectivity index (χ0n) is 16.3. The van der Waals surface area contributed by atoms with Crippen molar-refractivity contribution in [2.24, 2.45) is 5.41 Å². The lowest BCUT2D eigenvalue weighted by molar-refractivity contribution is -0.111. The molecule has 152 valence electrons. The van der Waals surface area contributed by atoms with E-state index >= 15 is 0 Å². The van der Waals surface area contributed by atoms with Gasteiger partial charge in [0, 0.05) is 31.8 Å². The molecule has 0 aliphatic carbocycles. The Morgan fingerprint density at radius 1 is 1.22 bits per heavy atom. The van der Waals surface area contributed by atoms with Gasteiger partial charge in [-0.05, 0) is 24.5 Å². The van der Waals surface area contributed by atoms with Gasteiger partial charge in [0.15, 0.2) is 5.12 Å². The van der Waals surface area contributed by atoms with E-state index in [4.69, 9.17) is 8.92 Å². The van der Waals surface area contributed by atoms with Crippen LogP contribution in [0.2, 0.25) is 0 Å². The third-order valence-electron chi connectivity index (χ3n) is 4.27. The molecule has 0 unspecified atom stereocenters. The van der Waals surface area contributed by atoms with Crippen LogP contribution < -0.4 is 0 Å². The van der Waals surface area contributed by atoms with Gasteiger partial charge in [0.1, 0.15) is 0 Å². The molecule has 1 saturated heterocycles. The molecule has 0 amide bonds. The molecular weight excluding hydrogens is 386 g/mol. The molecule has 0 saturated carbocycles. The first kappa shape index (κ1) is 22.4. The highest BCUT2D eigenvalue weighted by atomic mass is 32.2. The first-order valence-electron chi connectivity index (χ1n) is 9.10. The van der Waals surface area contributed by atoms with E-state index in [0.29, 0.717) is 12.2 Å². The summed E-state index contributed by atoms with van der Waals surface area (Å²) in [5.41, 5.74) is 0.554. The third-order valence-corrected chi connectivity index (χ3v) is 7.00. The summed E-state index contributed by atoms with van der Waals surface area (Å²) in [4.78, 5) is 14.5. The van der Waals surface area contributed by atoms with Gasteiger partial charge < -0.3 is 4.74 Å². The van der Waals surface area contributed by atoms with Crippen molar-refractivity contribution in [2.45, 2.75) is 32.1 Å². The average Bonchev–Trinajstić information content (AvgIpc) is 2.65. The number of aryl methyl sites for hydroxylation is 1. The summed E-state index contributed by atoms with van der Waals surface area (Å²) < 4.78 is 35.1. The van der Waals surface area contributed by atoms with Gasteiger partial charge in [0.05, 0.1) is 24.7 Å². The van der Waals surface area contributed by atoms with Crippen LogP contribution in [0.5, 0.6) is 0 Å². The quantitative estimate of drug-likeness (QED) is 0.574. The minimum atomic E-state index is -3.79. The highest BCUT2D eigenvalue weighted by Gasteiger charge is 2.25. The number of nitrogens with zero attached hydrogens (tertiary/aromatic N) is 1. The second-order valence-electron chi connectivity index (χ2n) is 7.56. The molecule has 27 heavy (non-hydrogen) atoms. The van der Waals surface area contributed by atoms with Crippen LogP contribution in [-0.4, -0.2) is 63.6 Å². The van der Waals surface area contributed by atoms with Gasteiger partial charge in [-0.2, -0.15) is 8.42 Å². The highest BCUT2D eigenvalue weighted by Crippen LogP contribution is 2.25. The van der Waals surface area contributed by atoms with Gasteiger partial charge in [-0.3, -0.25) is 13.9 Å². The van der Waals surface area contributed by atoms with Crippen molar-refractivity contribution in [3.63, 3.8) is 0 Å². The van der Waals surface area contributed by atoms with E-state index in [-0.39, 0.29) is 16.6 Å². The lowest BCUT2D eigenvalue weighted by Crippen LogP contribution is -2.37. The number of hydrogen-bond donors (Lipinski definition) is 0. The zero-order valence-corrected chi connectivity index (χ0v) is 17.9. The van der Waals surface area contributed by atoms with Crippen molar-refractivity contribution in [2.75, 3.05) is 45.2 Å². The van der Waals surface area contributed by atoms with E-state index in [9.17, 15) is 13.2 Å². The van der Waals surface area contributed by atoms with Gasteiger partial charge in [-0.15, -0.1) is 0 Å². The summed E-state index contributed by atoms with van der Waals surface area (Å²) in [5.74, 6) is 0.512. The minimum absolute atomic E-state index is 0.0347. The van der Waals surface area contributed by atoms with Crippen molar-refractivity contribution in [1.82, 2.24) is 4.90 Å². The Morgan fingerprint density at radius 2 is 1.85 bits per heavy atom. The topological polar surface area (TPSA) is 72.9 Å². The molecule has 0 N–H and O–H groups in total. The molecule has 1 heterocycles. The molecule has 0 aromatic heterocycles. The van der Waals surface area contributed by atoms with Crippen LogP contribution in [-0.2, 0) is 23.8 Å². The Labute approximate surface area is 166 Å². The van der Waals surface area contributed by atoms with Crippen LogP contribution in [0.3, 0.4) is 0 Å². The van der Waals surface area contributed by atoms with E-state index in [2.05, 4.69) is 4.90 Å². The molecule has 1 aromatic rings. The Morgan fingerprint density at radius 3 is 2.48 bits per heavy atom. The van der Waals surface area contributed by atoms with Crippen LogP contribution in [0.15, 0.2) is 29.2 Å². The first-order chi connectivity index (χ1) is 12.7. The van der Waals surface area contributed by atoms with Crippen molar-refractivity contribution in [3.05, 3.63) is 29.8 Å². The molecule has 8 heteroatoms. The number of hydrogen-bond acceptors (Lipinski definition) is 7. The number of benzene rings is 1. The summed E-state index contributed by atoms with van der Waals surface area (Å²) in [6, 6.07) is 6.57. The van der Waals surface area contributed by atoms with Crippen LogP contribution in [0, 0.1) is 12.3 Å². The molecule has 1 fully saturated rings. The minimum Gasteiger partial charge on any atom is -0.379 e. The molecule has 1 aliphatic rings. The lowest BCUT2D eigenvalue weighted by atomic mass is 9.98. The monoisotopic (exact) mass is 415 g/mol. The lowest BCUT2D eigenvalue weighted by Gasteiger charge is -2.26. The van der Waals surface area contributed by atoms with E-state index in [1.54, 1.807) is 24.3 Å². The van der Waals surface area contributed by atoms with Gasteiger partial charge in [-0.1, -0.05) is 43.3 Å². The molecule has 0 radical (unpaired) electrons. The normalized spacial score (nSPS) is 16.4. The molecular formula is C19H29NO5S2. The summed E-state index contributed by atoms with van der Waals surface area (Å²) in [6.07, 6.45) is 0.489. The van der Waals surface area contributed by atoms with E-state index in [1.165, 1.54) is 11.8 Å². The van der Waals surface area contributed by atoms with Gasteiger partial charge in [0.2, 0.25) is 0 Å². The number of ether oxygens (including phenoxy) is 1. The van der Waals surface area contributed by atoms with E-state index in [0.717, 1.165) is 38.4 Å². The number of thioether (sulfide) groups is 1. The number of rotatable bonds is 9. The fourth-order valence-corrected chi connectivity index (χ4v) is 4.42. The van der Waals surface area contributed by atoms with Crippen molar-refractivity contribution in [3.8, 4) is 0 Å². The summed E-state index contributed by atoms with van der Waals surface area (Å²) in [5, 5.41) is 0.121. The van der Waals surface area contributed by atoms with Crippen molar-refractivity contribution in [1.29, 1.82) is 0 Å². The molecule has 2 rings (SSSR count). The summed E-state index contributed by atoms with van der Waals surface area (Å²) in [7, 11) is -3.79. The Balaban J connectivity index is 1.75. The third kappa shape index (κ3) is 7.91. The highest BCUT2D eigenvalue weighted by molar-refractivity contribution is 8.13. The van der Waals surface area contributed by atoms with E-state index < -0.39 is 15.5 Å². The first-order valence-corrected chi connectivity index (χ1v) is 11.5. The maximum Gasteiger partial charge on any atom is 0.296 e. The van der Waals surface area contributed by atoms with Gasteiger partial charge in [0.25, 0.3) is 10.1 Å². The fraction of sp³-hybridized carbons (Fsp3) is 0.632. The largest absolute Gasteiger partial charge is 0.379 e. The Bertz CT molecular complexity index is 710. The van der Waals surface area contributed by atoms with Gasteiger partial charge >= 0.3 is 0 Å². The van der Waals surface area contributed by atoms with Crippen LogP contribution >= 0.6 is 11.8 Å². The zero-order chi connectivity index (χ0) is 19.9. The number of morpholine rings is 1. The standard InChI is InChI=1S/C19H29NO5S2/c1-16-4-6-17(7-5-16)27(22,23)25-14-19(2,3)15-26-18(21)8-9-20-10-12-24-13-11-20/h4-7H,8-15H2,1-3H3. The molecule has 0 spiro atoms. The molecule has 6 nitrogen and oxygen atoms in total. The number of carbonyl (C=O) groups is 1. The molecule has 0 atom stereocenters. The fourth-order valence-electron chi connectivity index (χ4n) is 2.47. The summed E-state index contributed by atoms with van der Waals surface area (Å²) >= 11 is 1.25. The maximum absolute atomic E-state index is 12.3. The van der Waals surface area contributed by atoms with Crippen LogP contribution in [0.4, 0.5) is 0 Å². The van der Waals surface area contributed by atoms with Gasteiger partial charge in [-0.25, -0.2) is 0 Å². The second-order valence-corrected chi connectivity index (χ2v) is 10.2. The van der Waals surface area contributed by atoms with Crippen molar-refractivity contribution < 1.29 is 22.1 Å². The SMILES string of the molecule is Cc1ccc(S(=O)(=O)OCC(C)(C)CSC(=O)CCN2CCOCC2)cc1. The summed E-state index contributed by atoms with van der Waals surface area (Å²) in [6.45, 7) is 9.67. The Kier molecular flexibility index (Phi) is 8.30. The number of carbonyl (C=O) groups excluding carboxylic acids is 1. The Hall–Kier alpha value is -0.930. The predicted octanol–water partition coefficient (Wildman–Crippen LogP) is 2.71. The predicted molar refractivity (Wildman–Crippen MR) is 107 cm³/mol. The average molecular weight is 416 g/mol. The second kappa shape index (κ2) is 10.0. The van der Waals surface area contributed by atoms with Crippen LogP contribution in [0.1, 0.15) is 25.8 Å². The molecule has 1 aliphatic heterocycles. The molecule has 1 aromatic carbocycles.